The van der Waals surface area contributed by atoms with Crippen molar-refractivity contribution in [1.82, 2.24) is 25.9 Å². The van der Waals surface area contributed by atoms with Crippen molar-refractivity contribution in [3.8, 4) is 0 Å². The zero-order chi connectivity index (χ0) is 38.1. The van der Waals surface area contributed by atoms with E-state index in [2.05, 4.69) is 25.9 Å². The number of aliphatic hydroxyl groups excluding tert-OH is 2. The van der Waals surface area contributed by atoms with Crippen molar-refractivity contribution in [3.05, 3.63) is 88.0 Å². The standard InChI is InChI=1S/C22H22ClF3N4O3S.C14H20N2O3/c1-30(18-15-9-14(10-22(24,25)26)34-19(15)29-20(23)28-18)16-7-13(8-17(16)31)27-21(32)33-11-12-5-3-2-4-6-12;1-15-12-7-11(8-13(12)17)16-14(18)19-9-10-5-3-2-4-6-10/h2-6,9,13,16-17,31H,7-8,10-11H2,1H3,(H,27,32);2-6,11-13,15,17H,7-9H2,1H3,(H,16,18)/t13-,16+,17+;11-,12+,13+/m11/s1. The number of likely N-dealkylation sites (N-methyl/N-ethyl adjacent to an activating group) is 2. The normalized spacial score (nSPS) is 22.5. The van der Waals surface area contributed by atoms with E-state index in [0.717, 1.165) is 28.9 Å². The Balaban J connectivity index is 0.000000241. The van der Waals surface area contributed by atoms with Crippen LogP contribution in [-0.4, -0.2) is 89.0 Å². The summed E-state index contributed by atoms with van der Waals surface area (Å²) in [7, 11) is 3.49. The Labute approximate surface area is 313 Å². The van der Waals surface area contributed by atoms with Gasteiger partial charge >= 0.3 is 18.4 Å². The Hall–Kier alpha value is -4.22. The number of nitrogens with zero attached hydrogens (tertiary/aromatic N) is 3. The zero-order valence-electron chi connectivity index (χ0n) is 29.1. The van der Waals surface area contributed by atoms with Gasteiger partial charge in [0.2, 0.25) is 5.28 Å². The summed E-state index contributed by atoms with van der Waals surface area (Å²) in [5.41, 5.74) is 1.81. The third-order valence-corrected chi connectivity index (χ3v) is 10.3. The number of aliphatic hydroxyl groups is 2. The lowest BCUT2D eigenvalue weighted by atomic mass is 10.1. The van der Waals surface area contributed by atoms with Gasteiger partial charge in [0.25, 0.3) is 0 Å². The van der Waals surface area contributed by atoms with Crippen molar-refractivity contribution in [2.75, 3.05) is 19.0 Å². The predicted molar refractivity (Wildman–Crippen MR) is 195 cm³/mol. The first kappa shape index (κ1) is 40.0. The smallest absolute Gasteiger partial charge is 0.407 e. The highest BCUT2D eigenvalue weighted by Crippen LogP contribution is 2.37. The molecule has 2 aromatic carbocycles. The Bertz CT molecular complexity index is 1810. The minimum atomic E-state index is -4.35. The molecule has 53 heavy (non-hydrogen) atoms. The number of nitrogens with one attached hydrogen (secondary N) is 3. The van der Waals surface area contributed by atoms with E-state index in [4.69, 9.17) is 21.1 Å². The molecule has 2 saturated carbocycles. The fourth-order valence-electron chi connectivity index (χ4n) is 6.48. The highest BCUT2D eigenvalue weighted by Gasteiger charge is 2.38. The summed E-state index contributed by atoms with van der Waals surface area (Å²) in [6, 6.07) is 19.4. The number of fused-ring (bicyclic) bond motifs is 1. The van der Waals surface area contributed by atoms with Crippen molar-refractivity contribution >= 4 is 51.2 Å². The highest BCUT2D eigenvalue weighted by molar-refractivity contribution is 7.18. The molecular formula is C36H42ClF3N6O6S. The zero-order valence-corrected chi connectivity index (χ0v) is 30.6. The topological polar surface area (TPSA) is 158 Å². The number of aromatic nitrogens is 2. The molecule has 286 valence electrons. The van der Waals surface area contributed by atoms with E-state index in [-0.39, 0.29) is 41.5 Å². The first-order valence-electron chi connectivity index (χ1n) is 17.0. The maximum Gasteiger partial charge on any atom is 0.407 e. The SMILES string of the molecule is CN(c1nc(Cl)nc2sc(CC(F)(F)F)cc12)[C@H]1C[C@@H](NC(=O)OCc2ccccc2)C[C@@H]1O.CN[C@H]1C[C@@H](NC(=O)OCc2ccccc2)C[C@@H]1O. The molecule has 0 bridgehead atoms. The van der Waals surface area contributed by atoms with E-state index < -0.39 is 43.0 Å². The minimum absolute atomic E-state index is 0.0317. The molecule has 2 aromatic heterocycles. The van der Waals surface area contributed by atoms with Crippen LogP contribution in [0.3, 0.4) is 0 Å². The first-order chi connectivity index (χ1) is 25.3. The Morgan fingerprint density at radius 1 is 0.887 bits per heavy atom. The third-order valence-electron chi connectivity index (χ3n) is 9.07. The monoisotopic (exact) mass is 778 g/mol. The molecule has 0 saturated heterocycles. The van der Waals surface area contributed by atoms with Gasteiger partial charge in [-0.2, -0.15) is 18.2 Å². The van der Waals surface area contributed by atoms with E-state index >= 15 is 0 Å². The van der Waals surface area contributed by atoms with Gasteiger partial charge in [-0.1, -0.05) is 60.7 Å². The molecule has 12 nitrogen and oxygen atoms in total. The lowest BCUT2D eigenvalue weighted by molar-refractivity contribution is -0.126. The number of benzene rings is 2. The average Bonchev–Trinajstić information content (AvgIpc) is 3.80. The van der Waals surface area contributed by atoms with Gasteiger partial charge in [-0.25, -0.2) is 14.6 Å². The maximum atomic E-state index is 12.9. The van der Waals surface area contributed by atoms with Gasteiger partial charge in [0.1, 0.15) is 23.9 Å². The number of hydrogen-bond acceptors (Lipinski definition) is 11. The summed E-state index contributed by atoms with van der Waals surface area (Å²) in [5, 5.41) is 29.3. The van der Waals surface area contributed by atoms with Gasteiger partial charge in [-0.3, -0.25) is 0 Å². The maximum absolute atomic E-state index is 12.9. The molecule has 4 aromatic rings. The Morgan fingerprint density at radius 3 is 1.96 bits per heavy atom. The number of alkyl halides is 3. The number of alkyl carbamates (subject to hydrolysis) is 2. The first-order valence-corrected chi connectivity index (χ1v) is 18.2. The average molecular weight is 779 g/mol. The van der Waals surface area contributed by atoms with Crippen LogP contribution < -0.4 is 20.9 Å². The van der Waals surface area contributed by atoms with Crippen LogP contribution in [0.15, 0.2) is 66.7 Å². The molecule has 2 heterocycles. The van der Waals surface area contributed by atoms with Crippen molar-refractivity contribution in [3.63, 3.8) is 0 Å². The number of halogens is 4. The number of anilines is 1. The Morgan fingerprint density at radius 2 is 1.43 bits per heavy atom. The number of hydrogen-bond donors (Lipinski definition) is 5. The lowest BCUT2D eigenvalue weighted by Gasteiger charge is -2.28. The fraction of sp³-hybridized carbons (Fsp3) is 0.444. The Kier molecular flexibility index (Phi) is 13.7. The molecule has 2 fully saturated rings. The molecule has 0 unspecified atom stereocenters. The lowest BCUT2D eigenvalue weighted by Crippen LogP contribution is -2.39. The van der Waals surface area contributed by atoms with Crippen LogP contribution in [0.5, 0.6) is 0 Å². The molecule has 17 heteroatoms. The molecule has 0 radical (unpaired) electrons. The van der Waals surface area contributed by atoms with E-state index in [9.17, 15) is 33.0 Å². The fourth-order valence-corrected chi connectivity index (χ4v) is 7.74. The van der Waals surface area contributed by atoms with Crippen LogP contribution >= 0.6 is 22.9 Å². The van der Waals surface area contributed by atoms with Crippen LogP contribution in [0.4, 0.5) is 28.6 Å². The van der Waals surface area contributed by atoms with Crippen molar-refractivity contribution < 1.29 is 42.4 Å². The molecule has 0 aliphatic heterocycles. The molecular weight excluding hydrogens is 737 g/mol. The van der Waals surface area contributed by atoms with E-state index in [1.807, 2.05) is 67.7 Å². The summed E-state index contributed by atoms with van der Waals surface area (Å²) < 4.78 is 49.0. The van der Waals surface area contributed by atoms with Crippen LogP contribution in [0.1, 0.15) is 41.7 Å². The second-order valence-corrected chi connectivity index (χ2v) is 14.4. The van der Waals surface area contributed by atoms with Gasteiger partial charge < -0.3 is 40.5 Å². The number of carbonyl (C=O) groups excluding carboxylic acids is 2. The summed E-state index contributed by atoms with van der Waals surface area (Å²) in [6.07, 6.45) is -5.70. The van der Waals surface area contributed by atoms with Gasteiger partial charge in [0.15, 0.2) is 0 Å². The number of ether oxygens (including phenoxy) is 2. The van der Waals surface area contributed by atoms with Crippen LogP contribution in [0.2, 0.25) is 5.28 Å². The van der Waals surface area contributed by atoms with Gasteiger partial charge in [0.05, 0.1) is 30.1 Å². The predicted octanol–water partition coefficient (Wildman–Crippen LogP) is 5.73. The van der Waals surface area contributed by atoms with Gasteiger partial charge in [-0.15, -0.1) is 11.3 Å². The van der Waals surface area contributed by atoms with Crippen molar-refractivity contribution in [2.24, 2.45) is 0 Å². The second-order valence-electron chi connectivity index (χ2n) is 13.0. The summed E-state index contributed by atoms with van der Waals surface area (Å²) in [4.78, 5) is 34.2. The number of carbonyl (C=O) groups is 2. The summed E-state index contributed by atoms with van der Waals surface area (Å²) in [5.74, 6) is 0.330. The van der Waals surface area contributed by atoms with Crippen LogP contribution in [-0.2, 0) is 29.1 Å². The van der Waals surface area contributed by atoms with E-state index in [0.29, 0.717) is 35.3 Å². The largest absolute Gasteiger partial charge is 0.445 e. The van der Waals surface area contributed by atoms with Gasteiger partial charge in [0, 0.05) is 30.1 Å². The second kappa shape index (κ2) is 18.2. The molecule has 6 rings (SSSR count). The summed E-state index contributed by atoms with van der Waals surface area (Å²) >= 11 is 6.94. The van der Waals surface area contributed by atoms with Crippen molar-refractivity contribution in [1.29, 1.82) is 0 Å². The molecule has 0 spiro atoms. The third kappa shape index (κ3) is 11.6. The molecule has 2 aliphatic rings. The van der Waals surface area contributed by atoms with Crippen molar-refractivity contribution in [2.45, 2.75) is 87.9 Å². The quantitative estimate of drug-likeness (QED) is 0.126. The highest BCUT2D eigenvalue weighted by atomic mass is 35.5. The summed E-state index contributed by atoms with van der Waals surface area (Å²) in [6.45, 7) is 0.387. The number of rotatable bonds is 10. The number of amides is 2. The minimum Gasteiger partial charge on any atom is -0.445 e. The molecule has 2 aliphatic carbocycles. The van der Waals surface area contributed by atoms with E-state index in [1.165, 1.54) is 6.07 Å². The van der Waals surface area contributed by atoms with Gasteiger partial charge in [-0.05, 0) is 61.5 Å². The molecule has 6 atom stereocenters. The van der Waals surface area contributed by atoms with E-state index in [1.54, 1.807) is 11.9 Å². The number of thiophene rings is 1. The molecule has 5 N–H and O–H groups in total. The van der Waals surface area contributed by atoms with Crippen LogP contribution in [0, 0.1) is 0 Å². The van der Waals surface area contributed by atoms with Crippen LogP contribution in [0.25, 0.3) is 10.2 Å². The molecule has 2 amide bonds.